The Morgan fingerprint density at radius 3 is 2.14 bits per heavy atom. The monoisotopic (exact) mass is 289 g/mol. The SMILES string of the molecule is Cc1cc(C)c(CC(=O)N2CCC(C(=O)O)CC2)c(C)c1. The Labute approximate surface area is 125 Å². The topological polar surface area (TPSA) is 57.6 Å². The first-order chi connectivity index (χ1) is 9.88. The van der Waals surface area contributed by atoms with Crippen molar-refractivity contribution in [3.8, 4) is 0 Å². The zero-order valence-electron chi connectivity index (χ0n) is 13.0. The maximum Gasteiger partial charge on any atom is 0.306 e. The molecule has 1 heterocycles. The van der Waals surface area contributed by atoms with Gasteiger partial charge in [-0.3, -0.25) is 9.59 Å². The largest absolute Gasteiger partial charge is 0.481 e. The first-order valence-electron chi connectivity index (χ1n) is 7.45. The second-order valence-corrected chi connectivity index (χ2v) is 6.05. The maximum absolute atomic E-state index is 12.4. The minimum atomic E-state index is -0.743. The van der Waals surface area contributed by atoms with Crippen LogP contribution in [0.2, 0.25) is 0 Å². The van der Waals surface area contributed by atoms with Crippen molar-refractivity contribution >= 4 is 11.9 Å². The minimum absolute atomic E-state index is 0.105. The first-order valence-corrected chi connectivity index (χ1v) is 7.45. The number of hydrogen-bond donors (Lipinski definition) is 1. The number of nitrogens with zero attached hydrogens (tertiary/aromatic N) is 1. The number of aliphatic carboxylic acids is 1. The van der Waals surface area contributed by atoms with E-state index in [-0.39, 0.29) is 11.8 Å². The molecule has 1 aliphatic rings. The highest BCUT2D eigenvalue weighted by atomic mass is 16.4. The summed E-state index contributed by atoms with van der Waals surface area (Å²) in [6.07, 6.45) is 1.54. The first kappa shape index (κ1) is 15.5. The van der Waals surface area contributed by atoms with Crippen molar-refractivity contribution < 1.29 is 14.7 Å². The van der Waals surface area contributed by atoms with Crippen LogP contribution in [0.5, 0.6) is 0 Å². The fraction of sp³-hybridized carbons (Fsp3) is 0.529. The van der Waals surface area contributed by atoms with Gasteiger partial charge in [-0.25, -0.2) is 0 Å². The van der Waals surface area contributed by atoms with Crippen molar-refractivity contribution in [3.05, 3.63) is 34.4 Å². The molecule has 1 aromatic rings. The van der Waals surface area contributed by atoms with Crippen molar-refractivity contribution in [3.63, 3.8) is 0 Å². The van der Waals surface area contributed by atoms with Crippen LogP contribution < -0.4 is 0 Å². The third kappa shape index (κ3) is 3.63. The predicted octanol–water partition coefficient (Wildman–Crippen LogP) is 2.48. The van der Waals surface area contributed by atoms with Gasteiger partial charge in [0.25, 0.3) is 0 Å². The molecular weight excluding hydrogens is 266 g/mol. The molecule has 114 valence electrons. The van der Waals surface area contributed by atoms with Crippen LogP contribution in [0.1, 0.15) is 35.1 Å². The van der Waals surface area contributed by atoms with Gasteiger partial charge in [0.2, 0.25) is 5.91 Å². The van der Waals surface area contributed by atoms with Gasteiger partial charge >= 0.3 is 5.97 Å². The second kappa shape index (κ2) is 6.29. The molecule has 0 spiro atoms. The van der Waals surface area contributed by atoms with Crippen LogP contribution in [0.15, 0.2) is 12.1 Å². The highest BCUT2D eigenvalue weighted by Crippen LogP contribution is 2.21. The third-order valence-corrected chi connectivity index (χ3v) is 4.37. The summed E-state index contributed by atoms with van der Waals surface area (Å²) in [5, 5.41) is 8.99. The van der Waals surface area contributed by atoms with E-state index in [1.165, 1.54) is 5.56 Å². The summed E-state index contributed by atoms with van der Waals surface area (Å²) < 4.78 is 0. The lowest BCUT2D eigenvalue weighted by atomic mass is 9.94. The second-order valence-electron chi connectivity index (χ2n) is 6.05. The fourth-order valence-corrected chi connectivity index (χ4v) is 3.13. The summed E-state index contributed by atoms with van der Waals surface area (Å²) in [6.45, 7) is 7.25. The van der Waals surface area contributed by atoms with E-state index in [4.69, 9.17) is 5.11 Å². The van der Waals surface area contributed by atoms with Gasteiger partial charge in [-0.05, 0) is 50.3 Å². The molecule has 0 atom stereocenters. The molecule has 0 unspecified atom stereocenters. The van der Waals surface area contributed by atoms with E-state index in [1.807, 2.05) is 13.8 Å². The molecule has 1 N–H and O–H groups in total. The number of carboxylic acid groups (broad SMARTS) is 1. The molecule has 1 amide bonds. The van der Waals surface area contributed by atoms with Gasteiger partial charge in [0, 0.05) is 13.1 Å². The number of piperidine rings is 1. The van der Waals surface area contributed by atoms with Gasteiger partial charge in [-0.15, -0.1) is 0 Å². The highest BCUT2D eigenvalue weighted by molar-refractivity contribution is 5.80. The number of carboxylic acids is 1. The quantitative estimate of drug-likeness (QED) is 0.930. The number of benzene rings is 1. The average molecular weight is 289 g/mol. The molecule has 0 saturated carbocycles. The van der Waals surface area contributed by atoms with Crippen molar-refractivity contribution in [2.45, 2.75) is 40.0 Å². The fourth-order valence-electron chi connectivity index (χ4n) is 3.13. The van der Waals surface area contributed by atoms with Gasteiger partial charge in [-0.2, -0.15) is 0 Å². The predicted molar refractivity (Wildman–Crippen MR) is 81.3 cm³/mol. The van der Waals surface area contributed by atoms with E-state index in [0.29, 0.717) is 32.4 Å². The van der Waals surface area contributed by atoms with E-state index in [9.17, 15) is 9.59 Å². The molecular formula is C17H23NO3. The van der Waals surface area contributed by atoms with Crippen LogP contribution in [0, 0.1) is 26.7 Å². The van der Waals surface area contributed by atoms with Crippen molar-refractivity contribution in [1.29, 1.82) is 0 Å². The molecule has 0 bridgehead atoms. The zero-order valence-corrected chi connectivity index (χ0v) is 13.0. The molecule has 1 aliphatic heterocycles. The van der Waals surface area contributed by atoms with Crippen LogP contribution in [-0.2, 0) is 16.0 Å². The maximum atomic E-state index is 12.4. The van der Waals surface area contributed by atoms with Gasteiger partial charge in [0.05, 0.1) is 12.3 Å². The standard InChI is InChI=1S/C17H23NO3/c1-11-8-12(2)15(13(3)9-11)10-16(19)18-6-4-14(5-7-18)17(20)21/h8-9,14H,4-7,10H2,1-3H3,(H,20,21). The molecule has 0 aromatic heterocycles. The Morgan fingerprint density at radius 1 is 1.14 bits per heavy atom. The molecule has 21 heavy (non-hydrogen) atoms. The minimum Gasteiger partial charge on any atom is -0.481 e. The summed E-state index contributed by atoms with van der Waals surface area (Å²) >= 11 is 0. The van der Waals surface area contributed by atoms with E-state index >= 15 is 0 Å². The molecule has 4 heteroatoms. The Balaban J connectivity index is 2.01. The summed E-state index contributed by atoms with van der Waals surface area (Å²) in [6, 6.07) is 4.21. The van der Waals surface area contributed by atoms with Crippen molar-refractivity contribution in [2.75, 3.05) is 13.1 Å². The number of hydrogen-bond acceptors (Lipinski definition) is 2. The Kier molecular flexibility index (Phi) is 4.66. The molecule has 2 rings (SSSR count). The van der Waals surface area contributed by atoms with Crippen LogP contribution in [0.3, 0.4) is 0 Å². The molecule has 4 nitrogen and oxygen atoms in total. The summed E-state index contributed by atoms with van der Waals surface area (Å²) in [5.41, 5.74) is 4.62. The van der Waals surface area contributed by atoms with Crippen LogP contribution in [0.4, 0.5) is 0 Å². The van der Waals surface area contributed by atoms with E-state index in [2.05, 4.69) is 19.1 Å². The summed E-state index contributed by atoms with van der Waals surface area (Å²) in [5.74, 6) is -0.932. The number of carbonyl (C=O) groups excluding carboxylic acids is 1. The van der Waals surface area contributed by atoms with Crippen LogP contribution in [-0.4, -0.2) is 35.0 Å². The normalized spacial score (nSPS) is 16.0. The summed E-state index contributed by atoms with van der Waals surface area (Å²) in [7, 11) is 0. The zero-order chi connectivity index (χ0) is 15.6. The molecule has 0 aliphatic carbocycles. The molecule has 1 fully saturated rings. The van der Waals surface area contributed by atoms with Crippen LogP contribution >= 0.6 is 0 Å². The number of likely N-dealkylation sites (tertiary alicyclic amines) is 1. The Bertz CT molecular complexity index is 534. The third-order valence-electron chi connectivity index (χ3n) is 4.37. The number of carbonyl (C=O) groups is 2. The molecule has 1 saturated heterocycles. The lowest BCUT2D eigenvalue weighted by Crippen LogP contribution is -2.41. The van der Waals surface area contributed by atoms with Gasteiger partial charge in [0.1, 0.15) is 0 Å². The molecule has 1 aromatic carbocycles. The Hall–Kier alpha value is -1.84. The van der Waals surface area contributed by atoms with E-state index in [1.54, 1.807) is 4.90 Å². The van der Waals surface area contributed by atoms with Gasteiger partial charge in [0.15, 0.2) is 0 Å². The molecule has 0 radical (unpaired) electrons. The summed E-state index contributed by atoms with van der Waals surface area (Å²) in [4.78, 5) is 25.2. The smallest absolute Gasteiger partial charge is 0.306 e. The lowest BCUT2D eigenvalue weighted by Gasteiger charge is -2.30. The number of aryl methyl sites for hydroxylation is 3. The van der Waals surface area contributed by atoms with Crippen molar-refractivity contribution in [2.24, 2.45) is 5.92 Å². The van der Waals surface area contributed by atoms with Crippen LogP contribution in [0.25, 0.3) is 0 Å². The van der Waals surface area contributed by atoms with E-state index in [0.717, 1.165) is 16.7 Å². The number of rotatable bonds is 3. The lowest BCUT2D eigenvalue weighted by molar-refractivity contribution is -0.145. The van der Waals surface area contributed by atoms with Gasteiger partial charge in [-0.1, -0.05) is 17.7 Å². The Morgan fingerprint density at radius 2 is 1.67 bits per heavy atom. The highest BCUT2D eigenvalue weighted by Gasteiger charge is 2.27. The van der Waals surface area contributed by atoms with Gasteiger partial charge < -0.3 is 10.0 Å². The average Bonchev–Trinajstić information content (AvgIpc) is 2.42. The number of amides is 1. The van der Waals surface area contributed by atoms with Crippen molar-refractivity contribution in [1.82, 2.24) is 4.90 Å². The van der Waals surface area contributed by atoms with E-state index < -0.39 is 5.97 Å².